The Morgan fingerprint density at radius 1 is 1.07 bits per heavy atom. The molecule has 0 fully saturated rings. The van der Waals surface area contributed by atoms with Crippen molar-refractivity contribution in [3.63, 3.8) is 0 Å². The minimum Gasteiger partial charge on any atom is -0.497 e. The van der Waals surface area contributed by atoms with E-state index in [0.717, 1.165) is 36.6 Å². The first-order valence-electron chi connectivity index (χ1n) is 13.8. The van der Waals surface area contributed by atoms with Crippen molar-refractivity contribution in [1.29, 1.82) is 0 Å². The van der Waals surface area contributed by atoms with Gasteiger partial charge in [0.2, 0.25) is 11.9 Å². The Labute approximate surface area is 251 Å². The molecule has 2 heterocycles. The Bertz CT molecular complexity index is 1400. The molecule has 0 saturated carbocycles. The molecule has 13 heteroatoms. The monoisotopic (exact) mass is 596 g/mol. The lowest BCUT2D eigenvalue weighted by atomic mass is 10.2. The molecule has 0 radical (unpaired) electrons. The van der Waals surface area contributed by atoms with Crippen LogP contribution in [0.2, 0.25) is 5.02 Å². The number of anilines is 3. The third-order valence-electron chi connectivity index (χ3n) is 6.62. The van der Waals surface area contributed by atoms with Crippen LogP contribution in [0.5, 0.6) is 17.2 Å². The second-order valence-electron chi connectivity index (χ2n) is 9.24. The minimum absolute atomic E-state index is 0.238. The molecule has 0 atom stereocenters. The van der Waals surface area contributed by atoms with Crippen molar-refractivity contribution < 1.29 is 19.0 Å². The summed E-state index contributed by atoms with van der Waals surface area (Å²) in [6, 6.07) is 10.6. The van der Waals surface area contributed by atoms with Crippen molar-refractivity contribution in [3.8, 4) is 17.2 Å². The van der Waals surface area contributed by atoms with E-state index in [2.05, 4.69) is 49.7 Å². The lowest BCUT2D eigenvalue weighted by Gasteiger charge is -2.31. The van der Waals surface area contributed by atoms with Gasteiger partial charge in [-0.2, -0.15) is 9.98 Å². The van der Waals surface area contributed by atoms with Gasteiger partial charge in [-0.1, -0.05) is 25.4 Å². The van der Waals surface area contributed by atoms with Gasteiger partial charge < -0.3 is 34.6 Å². The van der Waals surface area contributed by atoms with E-state index in [9.17, 15) is 4.79 Å². The molecule has 42 heavy (non-hydrogen) atoms. The van der Waals surface area contributed by atoms with Crippen LogP contribution in [0.15, 0.2) is 47.6 Å². The lowest BCUT2D eigenvalue weighted by molar-refractivity contribution is 0.223. The first-order valence-corrected chi connectivity index (χ1v) is 14.2. The number of likely N-dealkylation sites (N-methyl/N-ethyl adjacent to an activating group) is 1. The highest BCUT2D eigenvalue weighted by Gasteiger charge is 2.28. The van der Waals surface area contributed by atoms with Gasteiger partial charge in [0.1, 0.15) is 28.9 Å². The van der Waals surface area contributed by atoms with E-state index in [1.807, 2.05) is 31.2 Å². The van der Waals surface area contributed by atoms with Crippen LogP contribution in [-0.4, -0.2) is 73.9 Å². The summed E-state index contributed by atoms with van der Waals surface area (Å²) in [5.74, 6) is 2.76. The first kappa shape index (κ1) is 30.7. The normalized spacial score (nSPS) is 12.4. The molecule has 1 aliphatic rings. The Morgan fingerprint density at radius 3 is 2.50 bits per heavy atom. The molecule has 2 aromatic carbocycles. The van der Waals surface area contributed by atoms with E-state index in [4.69, 9.17) is 25.8 Å². The third kappa shape index (κ3) is 7.51. The summed E-state index contributed by atoms with van der Waals surface area (Å²) < 4.78 is 16.8. The van der Waals surface area contributed by atoms with Crippen LogP contribution in [0.4, 0.5) is 27.9 Å². The number of carbonyl (C=O) groups is 1. The highest BCUT2D eigenvalue weighted by Crippen LogP contribution is 2.41. The average molecular weight is 597 g/mol. The minimum atomic E-state index is -0.414. The fourth-order valence-electron chi connectivity index (χ4n) is 4.29. The quantitative estimate of drug-likeness (QED) is 0.266. The van der Waals surface area contributed by atoms with Crippen LogP contribution in [0, 0.1) is 0 Å². The summed E-state index contributed by atoms with van der Waals surface area (Å²) in [4.78, 5) is 30.4. The van der Waals surface area contributed by atoms with Crippen molar-refractivity contribution in [3.05, 3.63) is 53.2 Å². The third-order valence-corrected chi connectivity index (χ3v) is 7.00. The summed E-state index contributed by atoms with van der Waals surface area (Å²) in [6.45, 7) is 10.3. The largest absolute Gasteiger partial charge is 0.497 e. The van der Waals surface area contributed by atoms with Gasteiger partial charge in [-0.05, 0) is 44.3 Å². The van der Waals surface area contributed by atoms with Crippen molar-refractivity contribution >= 4 is 46.7 Å². The number of benzene rings is 2. The zero-order valence-corrected chi connectivity index (χ0v) is 25.3. The van der Waals surface area contributed by atoms with Crippen LogP contribution < -0.4 is 35.1 Å². The van der Waals surface area contributed by atoms with E-state index < -0.39 is 6.03 Å². The number of aliphatic imine (C=N–C) groups is 1. The lowest BCUT2D eigenvalue weighted by Crippen LogP contribution is -2.49. The number of urea groups is 1. The molecule has 3 aromatic rings. The SMILES string of the molecule is CCNC(=O)NC1=Nc2nc(Nc3ccc(OCCN(CC)CC)cc3)ncc2CN1c1cc(OC)cc(OC)c1Cl. The number of hydrogen-bond donors (Lipinski definition) is 3. The molecule has 2 amide bonds. The van der Waals surface area contributed by atoms with E-state index in [1.165, 1.54) is 7.11 Å². The zero-order chi connectivity index (χ0) is 30.1. The topological polar surface area (TPSA) is 125 Å². The van der Waals surface area contributed by atoms with E-state index >= 15 is 0 Å². The standard InChI is InChI=1S/C29H37ClN8O4/c1-6-31-29(39)36-28-35-26-19(18-38(28)23-15-22(40-4)16-24(41-5)25(23)30)17-32-27(34-26)33-20-9-11-21(12-10-20)42-14-13-37(7-2)8-3/h9-12,15-17H,6-8,13-14,18H2,1-5H3,(H3,31,32,33,34,35,36,39). The molecule has 4 rings (SSSR count). The summed E-state index contributed by atoms with van der Waals surface area (Å²) in [7, 11) is 3.07. The molecular weight excluding hydrogens is 560 g/mol. The summed E-state index contributed by atoms with van der Waals surface area (Å²) >= 11 is 6.69. The van der Waals surface area contributed by atoms with E-state index in [0.29, 0.717) is 47.1 Å². The number of carbonyl (C=O) groups excluding carboxylic acids is 1. The van der Waals surface area contributed by atoms with Crippen LogP contribution in [0.25, 0.3) is 0 Å². The van der Waals surface area contributed by atoms with Crippen molar-refractivity contribution in [2.45, 2.75) is 27.3 Å². The Balaban J connectivity index is 1.56. The molecule has 1 aliphatic heterocycles. The van der Waals surface area contributed by atoms with Crippen LogP contribution >= 0.6 is 11.6 Å². The van der Waals surface area contributed by atoms with Crippen molar-refractivity contribution in [1.82, 2.24) is 25.5 Å². The number of aromatic nitrogens is 2. The number of amides is 2. The van der Waals surface area contributed by atoms with Crippen LogP contribution in [-0.2, 0) is 6.54 Å². The van der Waals surface area contributed by atoms with Gasteiger partial charge in [-0.25, -0.2) is 9.78 Å². The Kier molecular flexibility index (Phi) is 10.6. The summed E-state index contributed by atoms with van der Waals surface area (Å²) in [5, 5.41) is 9.08. The zero-order valence-electron chi connectivity index (χ0n) is 24.5. The second-order valence-corrected chi connectivity index (χ2v) is 9.61. The maximum atomic E-state index is 12.5. The Hall–Kier alpha value is -4.29. The molecule has 0 saturated heterocycles. The molecule has 0 aliphatic carbocycles. The number of halogens is 1. The molecule has 12 nitrogen and oxygen atoms in total. The fourth-order valence-corrected chi connectivity index (χ4v) is 4.58. The van der Waals surface area contributed by atoms with Gasteiger partial charge in [0.15, 0.2) is 5.82 Å². The summed E-state index contributed by atoms with van der Waals surface area (Å²) in [5.41, 5.74) is 2.07. The molecule has 0 spiro atoms. The molecule has 3 N–H and O–H groups in total. The Morgan fingerprint density at radius 2 is 1.83 bits per heavy atom. The van der Waals surface area contributed by atoms with Gasteiger partial charge in [0.05, 0.1) is 26.5 Å². The number of methoxy groups -OCH3 is 2. The average Bonchev–Trinajstić information content (AvgIpc) is 3.00. The van der Waals surface area contributed by atoms with Gasteiger partial charge in [0.25, 0.3) is 0 Å². The highest BCUT2D eigenvalue weighted by atomic mass is 35.5. The van der Waals surface area contributed by atoms with Gasteiger partial charge in [0, 0.05) is 42.7 Å². The van der Waals surface area contributed by atoms with E-state index in [-0.39, 0.29) is 12.5 Å². The number of ether oxygens (including phenoxy) is 3. The fraction of sp³-hybridized carbons (Fsp3) is 0.379. The number of nitrogens with one attached hydrogen (secondary N) is 3. The maximum absolute atomic E-state index is 12.5. The van der Waals surface area contributed by atoms with Crippen LogP contribution in [0.1, 0.15) is 26.3 Å². The number of guanidine groups is 1. The summed E-state index contributed by atoms with van der Waals surface area (Å²) in [6.07, 6.45) is 1.69. The van der Waals surface area contributed by atoms with Gasteiger partial charge >= 0.3 is 6.03 Å². The van der Waals surface area contributed by atoms with Gasteiger partial charge in [-0.15, -0.1) is 0 Å². The number of fused-ring (bicyclic) bond motifs is 1. The maximum Gasteiger partial charge on any atom is 0.321 e. The van der Waals surface area contributed by atoms with E-state index in [1.54, 1.807) is 30.3 Å². The molecule has 1 aromatic heterocycles. The molecule has 0 bridgehead atoms. The van der Waals surface area contributed by atoms with Gasteiger partial charge in [-0.3, -0.25) is 5.32 Å². The van der Waals surface area contributed by atoms with Crippen molar-refractivity contribution in [2.75, 3.05) is 57.2 Å². The highest BCUT2D eigenvalue weighted by molar-refractivity contribution is 6.35. The molecule has 0 unspecified atom stereocenters. The first-order chi connectivity index (χ1) is 20.4. The predicted octanol–water partition coefficient (Wildman–Crippen LogP) is 4.94. The molecule has 224 valence electrons. The van der Waals surface area contributed by atoms with Crippen molar-refractivity contribution in [2.24, 2.45) is 4.99 Å². The number of rotatable bonds is 12. The number of nitrogens with zero attached hydrogens (tertiary/aromatic N) is 5. The number of hydrogen-bond acceptors (Lipinski definition) is 10. The molecular formula is C29H37ClN8O4. The second kappa shape index (κ2) is 14.6. The predicted molar refractivity (Wildman–Crippen MR) is 165 cm³/mol. The van der Waals surface area contributed by atoms with Crippen LogP contribution in [0.3, 0.4) is 0 Å². The smallest absolute Gasteiger partial charge is 0.321 e.